The van der Waals surface area contributed by atoms with E-state index in [1.807, 2.05) is 0 Å². The van der Waals surface area contributed by atoms with Crippen LogP contribution in [0.25, 0.3) is 0 Å². The lowest BCUT2D eigenvalue weighted by atomic mass is 9.99. The molecule has 1 aromatic carbocycles. The van der Waals surface area contributed by atoms with Gasteiger partial charge in [-0.3, -0.25) is 19.7 Å². The van der Waals surface area contributed by atoms with Crippen LogP contribution in [0.3, 0.4) is 0 Å². The van der Waals surface area contributed by atoms with Gasteiger partial charge in [0.1, 0.15) is 30.9 Å². The van der Waals surface area contributed by atoms with Crippen molar-refractivity contribution >= 4 is 29.8 Å². The van der Waals surface area contributed by atoms with Crippen LogP contribution in [0.5, 0.6) is 0 Å². The van der Waals surface area contributed by atoms with E-state index in [0.29, 0.717) is 5.56 Å². The fourth-order valence-corrected chi connectivity index (χ4v) is 2.64. The van der Waals surface area contributed by atoms with Crippen molar-refractivity contribution in [3.8, 4) is 0 Å². The SMILES string of the molecule is CC(C)(C)OC(=O)NC1C(=O)N(OCC(=O)OCc2ccc([N+](=O)[O-])cc2)C1COC(N)=O. The third-order valence-electron chi connectivity index (χ3n) is 4.11. The van der Waals surface area contributed by atoms with Crippen molar-refractivity contribution in [2.24, 2.45) is 5.73 Å². The molecule has 0 aliphatic carbocycles. The summed E-state index contributed by atoms with van der Waals surface area (Å²) < 4.78 is 14.8. The minimum Gasteiger partial charge on any atom is -0.459 e. The highest BCUT2D eigenvalue weighted by atomic mass is 16.7. The summed E-state index contributed by atoms with van der Waals surface area (Å²) in [6, 6.07) is 3.29. The summed E-state index contributed by atoms with van der Waals surface area (Å²) in [6.07, 6.45) is -1.97. The first-order chi connectivity index (χ1) is 15.4. The summed E-state index contributed by atoms with van der Waals surface area (Å²) in [6.45, 7) is 3.68. The molecule has 0 spiro atoms. The summed E-state index contributed by atoms with van der Waals surface area (Å²) in [5, 5.41) is 13.8. The average Bonchev–Trinajstić information content (AvgIpc) is 2.71. The summed E-state index contributed by atoms with van der Waals surface area (Å²) in [4.78, 5) is 62.4. The molecule has 0 saturated carbocycles. The van der Waals surface area contributed by atoms with Crippen LogP contribution in [0.2, 0.25) is 0 Å². The Labute approximate surface area is 188 Å². The number of hydroxylamine groups is 2. The maximum Gasteiger partial charge on any atom is 0.408 e. The van der Waals surface area contributed by atoms with Crippen LogP contribution in [0, 0.1) is 10.1 Å². The summed E-state index contributed by atoms with van der Waals surface area (Å²) in [5.74, 6) is -1.54. The van der Waals surface area contributed by atoms with Crippen molar-refractivity contribution in [1.29, 1.82) is 0 Å². The number of nitrogens with one attached hydrogen (secondary N) is 1. The van der Waals surface area contributed by atoms with E-state index < -0.39 is 59.9 Å². The lowest BCUT2D eigenvalue weighted by Crippen LogP contribution is -2.72. The van der Waals surface area contributed by atoms with E-state index in [2.05, 4.69) is 10.1 Å². The van der Waals surface area contributed by atoms with Gasteiger partial charge in [0, 0.05) is 12.1 Å². The number of nitro benzene ring substituents is 1. The van der Waals surface area contributed by atoms with E-state index in [0.717, 1.165) is 5.06 Å². The molecule has 3 amide bonds. The number of nitrogens with two attached hydrogens (primary N) is 1. The van der Waals surface area contributed by atoms with Crippen LogP contribution in [0.1, 0.15) is 26.3 Å². The first-order valence-corrected chi connectivity index (χ1v) is 9.64. The fourth-order valence-electron chi connectivity index (χ4n) is 2.64. The van der Waals surface area contributed by atoms with Crippen LogP contribution in [-0.4, -0.2) is 64.9 Å². The van der Waals surface area contributed by atoms with E-state index in [-0.39, 0.29) is 12.3 Å². The molecule has 33 heavy (non-hydrogen) atoms. The fraction of sp³-hybridized carbons (Fsp3) is 0.474. The van der Waals surface area contributed by atoms with Crippen LogP contribution >= 0.6 is 0 Å². The zero-order chi connectivity index (χ0) is 24.8. The smallest absolute Gasteiger partial charge is 0.408 e. The van der Waals surface area contributed by atoms with Crippen molar-refractivity contribution in [3.05, 3.63) is 39.9 Å². The monoisotopic (exact) mass is 468 g/mol. The number of nitrogens with zero attached hydrogens (tertiary/aromatic N) is 2. The second-order valence-electron chi connectivity index (χ2n) is 7.84. The molecule has 180 valence electrons. The number of amides is 3. The molecule has 1 aromatic rings. The Bertz CT molecular complexity index is 912. The number of carbonyl (C=O) groups excluding carboxylic acids is 4. The molecule has 0 aromatic heterocycles. The minimum absolute atomic E-state index is 0.108. The maximum absolute atomic E-state index is 12.3. The van der Waals surface area contributed by atoms with Crippen molar-refractivity contribution in [1.82, 2.24) is 10.4 Å². The van der Waals surface area contributed by atoms with E-state index in [9.17, 15) is 29.3 Å². The molecule has 1 heterocycles. The first kappa shape index (κ1) is 25.3. The second kappa shape index (κ2) is 10.6. The van der Waals surface area contributed by atoms with E-state index >= 15 is 0 Å². The molecule has 1 saturated heterocycles. The van der Waals surface area contributed by atoms with Gasteiger partial charge in [-0.25, -0.2) is 19.4 Å². The van der Waals surface area contributed by atoms with E-state index in [1.165, 1.54) is 24.3 Å². The Balaban J connectivity index is 1.88. The van der Waals surface area contributed by atoms with Crippen molar-refractivity contribution in [2.75, 3.05) is 13.2 Å². The molecule has 1 aliphatic heterocycles. The highest BCUT2D eigenvalue weighted by Gasteiger charge is 2.51. The average molecular weight is 468 g/mol. The second-order valence-corrected chi connectivity index (χ2v) is 7.84. The maximum atomic E-state index is 12.3. The van der Waals surface area contributed by atoms with Gasteiger partial charge in [-0.15, -0.1) is 0 Å². The van der Waals surface area contributed by atoms with Gasteiger partial charge in [0.15, 0.2) is 6.61 Å². The largest absolute Gasteiger partial charge is 0.459 e. The molecule has 1 fully saturated rings. The van der Waals surface area contributed by atoms with E-state index in [4.69, 9.17) is 20.0 Å². The van der Waals surface area contributed by atoms with Gasteiger partial charge in [0.2, 0.25) is 0 Å². The van der Waals surface area contributed by atoms with Gasteiger partial charge in [0.05, 0.1) is 4.92 Å². The molecule has 2 rings (SSSR count). The number of carbonyl (C=O) groups is 4. The topological polar surface area (TPSA) is 190 Å². The number of ether oxygens (including phenoxy) is 3. The number of hydrogen-bond acceptors (Lipinski definition) is 10. The summed E-state index contributed by atoms with van der Waals surface area (Å²) in [7, 11) is 0. The zero-order valence-corrected chi connectivity index (χ0v) is 18.1. The number of alkyl carbamates (subject to hydrolysis) is 1. The van der Waals surface area contributed by atoms with Gasteiger partial charge >= 0.3 is 18.2 Å². The standard InChI is InChI=1S/C19H24N4O10/c1-19(2,3)33-18(27)21-15-13(9-31-17(20)26)22(16(15)25)32-10-14(24)30-8-11-4-6-12(7-5-11)23(28)29/h4-7,13,15H,8-10H2,1-3H3,(H2,20,26)(H,21,27). The minimum atomic E-state index is -1.13. The van der Waals surface area contributed by atoms with Crippen LogP contribution in [-0.2, 0) is 35.2 Å². The van der Waals surface area contributed by atoms with Crippen LogP contribution in [0.4, 0.5) is 15.3 Å². The molecular weight excluding hydrogens is 444 g/mol. The number of non-ortho nitro benzene ring substituents is 1. The number of rotatable bonds is 9. The number of nitro groups is 1. The Kier molecular flexibility index (Phi) is 8.12. The van der Waals surface area contributed by atoms with Crippen LogP contribution in [0.15, 0.2) is 24.3 Å². The molecule has 2 atom stereocenters. The molecule has 14 heteroatoms. The van der Waals surface area contributed by atoms with Crippen molar-refractivity contribution in [3.63, 3.8) is 0 Å². The number of benzene rings is 1. The number of esters is 1. The molecule has 3 N–H and O–H groups in total. The molecule has 0 bridgehead atoms. The van der Waals surface area contributed by atoms with Crippen LogP contribution < -0.4 is 11.1 Å². The molecule has 14 nitrogen and oxygen atoms in total. The predicted octanol–water partition coefficient (Wildman–Crippen LogP) is 0.769. The third-order valence-corrected chi connectivity index (χ3v) is 4.11. The molecule has 2 unspecified atom stereocenters. The van der Waals surface area contributed by atoms with Crippen molar-refractivity contribution in [2.45, 2.75) is 45.1 Å². The summed E-state index contributed by atoms with van der Waals surface area (Å²) >= 11 is 0. The molecule has 0 radical (unpaired) electrons. The first-order valence-electron chi connectivity index (χ1n) is 9.64. The quantitative estimate of drug-likeness (QED) is 0.172. The Hall–Kier alpha value is -3.94. The number of β-lactam (4-membered cyclic amide) rings is 1. The molecule has 1 aliphatic rings. The predicted molar refractivity (Wildman–Crippen MR) is 108 cm³/mol. The number of hydrogen-bond donors (Lipinski definition) is 2. The van der Waals surface area contributed by atoms with Gasteiger partial charge < -0.3 is 25.3 Å². The highest BCUT2D eigenvalue weighted by Crippen LogP contribution is 2.22. The van der Waals surface area contributed by atoms with Gasteiger partial charge in [-0.1, -0.05) is 0 Å². The third kappa shape index (κ3) is 7.60. The Morgan fingerprint density at radius 2 is 1.82 bits per heavy atom. The molecular formula is C19H24N4O10. The lowest BCUT2D eigenvalue weighted by Gasteiger charge is -2.44. The Morgan fingerprint density at radius 3 is 2.36 bits per heavy atom. The summed E-state index contributed by atoms with van der Waals surface area (Å²) in [5.41, 5.74) is 4.53. The highest BCUT2D eigenvalue weighted by molar-refractivity contribution is 5.91. The number of primary amides is 1. The van der Waals surface area contributed by atoms with Gasteiger partial charge in [-0.05, 0) is 38.5 Å². The van der Waals surface area contributed by atoms with E-state index in [1.54, 1.807) is 20.8 Å². The van der Waals surface area contributed by atoms with Crippen molar-refractivity contribution < 1.29 is 43.1 Å². The Morgan fingerprint density at radius 1 is 1.18 bits per heavy atom. The van der Waals surface area contributed by atoms with Gasteiger partial charge in [-0.2, -0.15) is 0 Å². The van der Waals surface area contributed by atoms with Gasteiger partial charge in [0.25, 0.3) is 11.6 Å². The normalized spacial score (nSPS) is 17.5. The lowest BCUT2D eigenvalue weighted by molar-refractivity contribution is -0.384. The zero-order valence-electron chi connectivity index (χ0n) is 18.1.